The summed E-state index contributed by atoms with van der Waals surface area (Å²) >= 11 is 3.49. The molecule has 0 aliphatic heterocycles. The van der Waals surface area contributed by atoms with Gasteiger partial charge in [0.25, 0.3) is 0 Å². The number of pyridine rings is 1. The fourth-order valence-electron chi connectivity index (χ4n) is 1.63. The lowest BCUT2D eigenvalue weighted by atomic mass is 10.1. The van der Waals surface area contributed by atoms with Gasteiger partial charge in [-0.3, -0.25) is 0 Å². The van der Waals surface area contributed by atoms with Crippen molar-refractivity contribution < 1.29 is 4.74 Å². The Morgan fingerprint density at radius 3 is 2.78 bits per heavy atom. The monoisotopic (exact) mass is 306 g/mol. The number of benzene rings is 1. The number of nitrogens with two attached hydrogens (primary N) is 1. The predicted molar refractivity (Wildman–Crippen MR) is 75.3 cm³/mol. The molecule has 2 N–H and O–H groups in total. The van der Waals surface area contributed by atoms with E-state index in [9.17, 15) is 0 Å². The molecule has 0 amide bonds. The van der Waals surface area contributed by atoms with Crippen LogP contribution in [0.15, 0.2) is 47.1 Å². The van der Waals surface area contributed by atoms with E-state index in [4.69, 9.17) is 10.5 Å². The number of hydrogen-bond acceptors (Lipinski definition) is 3. The summed E-state index contributed by atoms with van der Waals surface area (Å²) in [6.07, 6.45) is 1.71. The molecule has 0 aliphatic rings. The maximum Gasteiger partial charge on any atom is 0.218 e. The summed E-state index contributed by atoms with van der Waals surface area (Å²) < 4.78 is 6.78. The molecule has 0 fully saturated rings. The molecule has 18 heavy (non-hydrogen) atoms. The minimum atomic E-state index is -0.0899. The van der Waals surface area contributed by atoms with E-state index in [1.54, 1.807) is 6.20 Å². The standard InChI is InChI=1S/C14H15BrN2O/c1-10(16)12-6-4-8-17-14(12)18-9-11-5-2-3-7-13(11)15/h2-8,10H,9,16H2,1H3/t10-/m0/s1. The SMILES string of the molecule is C[C@H](N)c1cccnc1OCc1ccccc1Br. The normalized spacial score (nSPS) is 12.2. The minimum Gasteiger partial charge on any atom is -0.473 e. The molecule has 2 aromatic rings. The van der Waals surface area contributed by atoms with Gasteiger partial charge in [0.1, 0.15) is 6.61 Å². The second-order valence-electron chi connectivity index (χ2n) is 4.07. The Hall–Kier alpha value is -1.39. The van der Waals surface area contributed by atoms with Crippen LogP contribution in [-0.4, -0.2) is 4.98 Å². The van der Waals surface area contributed by atoms with Gasteiger partial charge in [-0.05, 0) is 19.1 Å². The highest BCUT2D eigenvalue weighted by Crippen LogP contribution is 2.23. The average molecular weight is 307 g/mol. The van der Waals surface area contributed by atoms with Gasteiger partial charge in [0.2, 0.25) is 5.88 Å². The summed E-state index contributed by atoms with van der Waals surface area (Å²) in [6.45, 7) is 2.39. The average Bonchev–Trinajstić information content (AvgIpc) is 2.38. The van der Waals surface area contributed by atoms with Gasteiger partial charge in [-0.1, -0.05) is 40.2 Å². The first kappa shape index (κ1) is 13.1. The molecule has 0 bridgehead atoms. The summed E-state index contributed by atoms with van der Waals surface area (Å²) in [7, 11) is 0. The van der Waals surface area contributed by atoms with Crippen molar-refractivity contribution >= 4 is 15.9 Å². The largest absolute Gasteiger partial charge is 0.473 e. The van der Waals surface area contributed by atoms with Gasteiger partial charge in [0.15, 0.2) is 0 Å². The van der Waals surface area contributed by atoms with E-state index in [0.29, 0.717) is 12.5 Å². The number of ether oxygens (including phenoxy) is 1. The van der Waals surface area contributed by atoms with E-state index in [1.165, 1.54) is 0 Å². The molecule has 0 aliphatic carbocycles. The van der Waals surface area contributed by atoms with E-state index in [1.807, 2.05) is 43.3 Å². The summed E-state index contributed by atoms with van der Waals surface area (Å²) in [4.78, 5) is 4.23. The van der Waals surface area contributed by atoms with E-state index >= 15 is 0 Å². The first-order valence-corrected chi connectivity index (χ1v) is 6.54. The van der Waals surface area contributed by atoms with Crippen molar-refractivity contribution in [1.29, 1.82) is 0 Å². The van der Waals surface area contributed by atoms with Crippen molar-refractivity contribution in [2.75, 3.05) is 0 Å². The van der Waals surface area contributed by atoms with Crippen LogP contribution in [0, 0.1) is 0 Å². The summed E-state index contributed by atoms with van der Waals surface area (Å²) in [5.74, 6) is 0.600. The van der Waals surface area contributed by atoms with Crippen molar-refractivity contribution in [2.24, 2.45) is 5.73 Å². The van der Waals surface area contributed by atoms with Gasteiger partial charge < -0.3 is 10.5 Å². The van der Waals surface area contributed by atoms with E-state index in [-0.39, 0.29) is 6.04 Å². The molecule has 1 aromatic carbocycles. The summed E-state index contributed by atoms with van der Waals surface area (Å²) in [5.41, 5.74) is 7.89. The van der Waals surface area contributed by atoms with Gasteiger partial charge in [-0.2, -0.15) is 0 Å². The fourth-order valence-corrected chi connectivity index (χ4v) is 2.03. The third kappa shape index (κ3) is 3.09. The third-order valence-corrected chi connectivity index (χ3v) is 3.39. The van der Waals surface area contributed by atoms with Gasteiger partial charge >= 0.3 is 0 Å². The highest BCUT2D eigenvalue weighted by atomic mass is 79.9. The Morgan fingerprint density at radius 2 is 2.06 bits per heavy atom. The molecule has 3 nitrogen and oxygen atoms in total. The van der Waals surface area contributed by atoms with E-state index in [0.717, 1.165) is 15.6 Å². The van der Waals surface area contributed by atoms with Crippen LogP contribution in [0.3, 0.4) is 0 Å². The van der Waals surface area contributed by atoms with E-state index < -0.39 is 0 Å². The molecule has 0 saturated heterocycles. The second kappa shape index (κ2) is 5.98. The smallest absolute Gasteiger partial charge is 0.218 e. The molecular formula is C14H15BrN2O. The lowest BCUT2D eigenvalue weighted by molar-refractivity contribution is 0.288. The maximum absolute atomic E-state index is 5.88. The zero-order chi connectivity index (χ0) is 13.0. The highest BCUT2D eigenvalue weighted by Gasteiger charge is 2.09. The van der Waals surface area contributed by atoms with Crippen LogP contribution < -0.4 is 10.5 Å². The molecule has 0 spiro atoms. The van der Waals surface area contributed by atoms with Gasteiger partial charge in [0, 0.05) is 27.8 Å². The van der Waals surface area contributed by atoms with E-state index in [2.05, 4.69) is 20.9 Å². The van der Waals surface area contributed by atoms with Crippen molar-refractivity contribution in [3.05, 3.63) is 58.2 Å². The topological polar surface area (TPSA) is 48.1 Å². The zero-order valence-electron chi connectivity index (χ0n) is 10.1. The first-order valence-electron chi connectivity index (χ1n) is 5.75. The van der Waals surface area contributed by atoms with Crippen LogP contribution in [0.1, 0.15) is 24.1 Å². The van der Waals surface area contributed by atoms with Crippen molar-refractivity contribution in [2.45, 2.75) is 19.6 Å². The van der Waals surface area contributed by atoms with Crippen molar-refractivity contribution in [3.63, 3.8) is 0 Å². The van der Waals surface area contributed by atoms with Gasteiger partial charge in [-0.25, -0.2) is 4.98 Å². The van der Waals surface area contributed by atoms with Gasteiger partial charge in [-0.15, -0.1) is 0 Å². The highest BCUT2D eigenvalue weighted by molar-refractivity contribution is 9.10. The number of halogens is 1. The quantitative estimate of drug-likeness (QED) is 0.941. The Labute approximate surface area is 115 Å². The van der Waals surface area contributed by atoms with Crippen LogP contribution >= 0.6 is 15.9 Å². The molecule has 0 saturated carbocycles. The lowest BCUT2D eigenvalue weighted by Gasteiger charge is -2.13. The summed E-state index contributed by atoms with van der Waals surface area (Å²) in [6, 6.07) is 11.7. The predicted octanol–water partition coefficient (Wildman–Crippen LogP) is 3.44. The molecule has 94 valence electrons. The van der Waals surface area contributed by atoms with Crippen LogP contribution in [0.4, 0.5) is 0 Å². The molecule has 1 atom stereocenters. The van der Waals surface area contributed by atoms with Crippen molar-refractivity contribution in [3.8, 4) is 5.88 Å². The number of hydrogen-bond donors (Lipinski definition) is 1. The molecular weight excluding hydrogens is 292 g/mol. The van der Waals surface area contributed by atoms with Crippen LogP contribution in [0.2, 0.25) is 0 Å². The van der Waals surface area contributed by atoms with Crippen LogP contribution in [-0.2, 0) is 6.61 Å². The Bertz CT molecular complexity index is 529. The molecule has 1 heterocycles. The first-order chi connectivity index (χ1) is 8.68. The van der Waals surface area contributed by atoms with Gasteiger partial charge in [0.05, 0.1) is 0 Å². The molecule has 0 radical (unpaired) electrons. The third-order valence-electron chi connectivity index (χ3n) is 2.61. The second-order valence-corrected chi connectivity index (χ2v) is 4.92. The number of nitrogens with zero attached hydrogens (tertiary/aromatic N) is 1. The number of rotatable bonds is 4. The Balaban J connectivity index is 2.14. The fraction of sp³-hybridized carbons (Fsp3) is 0.214. The molecule has 0 unspecified atom stereocenters. The molecule has 2 rings (SSSR count). The minimum absolute atomic E-state index is 0.0899. The maximum atomic E-state index is 5.88. The van der Waals surface area contributed by atoms with Crippen LogP contribution in [0.25, 0.3) is 0 Å². The Morgan fingerprint density at radius 1 is 1.28 bits per heavy atom. The summed E-state index contributed by atoms with van der Waals surface area (Å²) in [5, 5.41) is 0. The number of aromatic nitrogens is 1. The molecule has 1 aromatic heterocycles. The van der Waals surface area contributed by atoms with Crippen LogP contribution in [0.5, 0.6) is 5.88 Å². The molecule has 4 heteroatoms. The van der Waals surface area contributed by atoms with Crippen molar-refractivity contribution in [1.82, 2.24) is 4.98 Å². The lowest BCUT2D eigenvalue weighted by Crippen LogP contribution is -2.09. The Kier molecular flexibility index (Phi) is 4.33. The zero-order valence-corrected chi connectivity index (χ0v) is 11.7.